The van der Waals surface area contributed by atoms with Crippen LogP contribution in [0.5, 0.6) is 0 Å². The van der Waals surface area contributed by atoms with E-state index in [0.29, 0.717) is 11.4 Å². The molecule has 17 heavy (non-hydrogen) atoms. The molecule has 1 aromatic rings. The van der Waals surface area contributed by atoms with Crippen molar-refractivity contribution in [3.8, 4) is 0 Å². The third-order valence-electron chi connectivity index (χ3n) is 2.13. The Morgan fingerprint density at radius 3 is 2.65 bits per heavy atom. The van der Waals surface area contributed by atoms with Crippen LogP contribution in [0.1, 0.15) is 6.92 Å². The molecule has 6 nitrogen and oxygen atoms in total. The third-order valence-corrected chi connectivity index (χ3v) is 2.13. The van der Waals surface area contributed by atoms with E-state index in [4.69, 9.17) is 5.73 Å². The minimum absolute atomic E-state index is 0.257. The van der Waals surface area contributed by atoms with Gasteiger partial charge in [0.2, 0.25) is 5.91 Å². The number of anilines is 2. The van der Waals surface area contributed by atoms with Crippen LogP contribution in [0.4, 0.5) is 16.2 Å². The van der Waals surface area contributed by atoms with E-state index in [2.05, 4.69) is 16.0 Å². The summed E-state index contributed by atoms with van der Waals surface area (Å²) in [5.41, 5.74) is 6.70. The van der Waals surface area contributed by atoms with E-state index in [0.717, 1.165) is 0 Å². The van der Waals surface area contributed by atoms with Crippen LogP contribution in [0.15, 0.2) is 24.3 Å². The van der Waals surface area contributed by atoms with Crippen molar-refractivity contribution in [2.45, 2.75) is 13.0 Å². The highest BCUT2D eigenvalue weighted by Crippen LogP contribution is 2.11. The number of hydrogen-bond acceptors (Lipinski definition) is 3. The van der Waals surface area contributed by atoms with Gasteiger partial charge in [-0.15, -0.1) is 0 Å². The van der Waals surface area contributed by atoms with Gasteiger partial charge in [0.05, 0.1) is 0 Å². The number of carbonyl (C=O) groups is 2. The summed E-state index contributed by atoms with van der Waals surface area (Å²) in [6.07, 6.45) is 0. The molecule has 0 bridgehead atoms. The van der Waals surface area contributed by atoms with Crippen LogP contribution in [0.25, 0.3) is 0 Å². The van der Waals surface area contributed by atoms with Crippen LogP contribution >= 0.6 is 0 Å². The normalized spacial score (nSPS) is 11.4. The highest BCUT2D eigenvalue weighted by molar-refractivity contribution is 5.93. The Balaban J connectivity index is 2.53. The van der Waals surface area contributed by atoms with Gasteiger partial charge in [-0.2, -0.15) is 0 Å². The Bertz CT molecular complexity index is 420. The number of benzene rings is 1. The predicted octanol–water partition coefficient (Wildman–Crippen LogP) is 0.525. The number of nitrogens with two attached hydrogens (primary N) is 1. The molecular formula is C11H16N4O2. The molecule has 1 atom stereocenters. The summed E-state index contributed by atoms with van der Waals surface area (Å²) in [5.74, 6) is -0.257. The van der Waals surface area contributed by atoms with Gasteiger partial charge in [0.15, 0.2) is 0 Å². The summed E-state index contributed by atoms with van der Waals surface area (Å²) < 4.78 is 0. The molecule has 1 unspecified atom stereocenters. The van der Waals surface area contributed by atoms with Gasteiger partial charge in [-0.05, 0) is 25.1 Å². The summed E-state index contributed by atoms with van der Waals surface area (Å²) >= 11 is 0. The summed E-state index contributed by atoms with van der Waals surface area (Å²) in [6.45, 7) is 1.60. The van der Waals surface area contributed by atoms with Crippen LogP contribution in [0.3, 0.4) is 0 Å². The van der Waals surface area contributed by atoms with E-state index in [1.807, 2.05) is 0 Å². The lowest BCUT2D eigenvalue weighted by Crippen LogP contribution is -2.45. The third kappa shape index (κ3) is 4.02. The average molecular weight is 236 g/mol. The van der Waals surface area contributed by atoms with Gasteiger partial charge < -0.3 is 21.7 Å². The van der Waals surface area contributed by atoms with Crippen molar-refractivity contribution in [2.75, 3.05) is 18.1 Å². The molecule has 0 spiro atoms. The number of nitrogen functional groups attached to an aromatic ring is 1. The highest BCUT2D eigenvalue weighted by atomic mass is 16.2. The summed E-state index contributed by atoms with van der Waals surface area (Å²) in [7, 11) is 1.51. The molecule has 0 fully saturated rings. The molecule has 3 amide bonds. The van der Waals surface area contributed by atoms with E-state index >= 15 is 0 Å². The van der Waals surface area contributed by atoms with E-state index in [1.165, 1.54) is 7.05 Å². The van der Waals surface area contributed by atoms with Crippen molar-refractivity contribution in [2.24, 2.45) is 0 Å². The fourth-order valence-corrected chi connectivity index (χ4v) is 1.26. The minimum atomic E-state index is -0.596. The summed E-state index contributed by atoms with van der Waals surface area (Å²) in [6, 6.07) is 5.74. The molecule has 0 aromatic heterocycles. The zero-order valence-corrected chi connectivity index (χ0v) is 9.78. The number of amides is 3. The quantitative estimate of drug-likeness (QED) is 0.576. The average Bonchev–Trinajstić information content (AvgIpc) is 2.27. The van der Waals surface area contributed by atoms with Gasteiger partial charge in [0.25, 0.3) is 0 Å². The van der Waals surface area contributed by atoms with Gasteiger partial charge >= 0.3 is 6.03 Å². The Kier molecular flexibility index (Phi) is 4.33. The lowest BCUT2D eigenvalue weighted by molar-refractivity contribution is -0.122. The number of likely N-dealkylation sites (N-methyl/N-ethyl adjacent to an activating group) is 1. The van der Waals surface area contributed by atoms with Gasteiger partial charge in [-0.25, -0.2) is 4.79 Å². The van der Waals surface area contributed by atoms with E-state index in [-0.39, 0.29) is 5.91 Å². The first-order chi connectivity index (χ1) is 8.02. The SMILES string of the molecule is CNC(=O)C(C)NC(=O)Nc1cccc(N)c1. The van der Waals surface area contributed by atoms with Crippen LogP contribution in [0.2, 0.25) is 0 Å². The van der Waals surface area contributed by atoms with Crippen molar-refractivity contribution in [3.63, 3.8) is 0 Å². The van der Waals surface area contributed by atoms with Crippen molar-refractivity contribution >= 4 is 23.3 Å². The fraction of sp³-hybridized carbons (Fsp3) is 0.273. The molecule has 92 valence electrons. The Morgan fingerprint density at radius 1 is 1.35 bits per heavy atom. The second kappa shape index (κ2) is 5.74. The lowest BCUT2D eigenvalue weighted by Gasteiger charge is -2.13. The molecule has 0 aliphatic carbocycles. The molecule has 6 heteroatoms. The molecule has 0 saturated heterocycles. The van der Waals surface area contributed by atoms with Crippen molar-refractivity contribution in [1.29, 1.82) is 0 Å². The largest absolute Gasteiger partial charge is 0.399 e. The molecule has 0 radical (unpaired) electrons. The fourth-order valence-electron chi connectivity index (χ4n) is 1.26. The van der Waals surface area contributed by atoms with Gasteiger partial charge in [0.1, 0.15) is 6.04 Å². The standard InChI is InChI=1S/C11H16N4O2/c1-7(10(16)13-2)14-11(17)15-9-5-3-4-8(12)6-9/h3-7H,12H2,1-2H3,(H,13,16)(H2,14,15,17). The first kappa shape index (κ1) is 12.8. The summed E-state index contributed by atoms with van der Waals surface area (Å²) in [5, 5.41) is 7.52. The van der Waals surface area contributed by atoms with Crippen molar-refractivity contribution in [3.05, 3.63) is 24.3 Å². The maximum atomic E-state index is 11.5. The van der Waals surface area contributed by atoms with Crippen LogP contribution in [0, 0.1) is 0 Å². The Morgan fingerprint density at radius 2 is 2.06 bits per heavy atom. The van der Waals surface area contributed by atoms with Crippen LogP contribution < -0.4 is 21.7 Å². The van der Waals surface area contributed by atoms with Gasteiger partial charge in [-0.1, -0.05) is 6.07 Å². The molecular weight excluding hydrogens is 220 g/mol. The summed E-state index contributed by atoms with van der Waals surface area (Å²) in [4.78, 5) is 22.7. The molecule has 0 saturated carbocycles. The number of nitrogens with one attached hydrogen (secondary N) is 3. The second-order valence-corrected chi connectivity index (χ2v) is 3.56. The Hall–Kier alpha value is -2.24. The molecule has 1 rings (SSSR count). The first-order valence-corrected chi connectivity index (χ1v) is 5.17. The predicted molar refractivity (Wildman–Crippen MR) is 66.5 cm³/mol. The number of urea groups is 1. The molecule has 1 aromatic carbocycles. The number of carbonyl (C=O) groups excluding carboxylic acids is 2. The second-order valence-electron chi connectivity index (χ2n) is 3.56. The lowest BCUT2D eigenvalue weighted by atomic mass is 10.3. The topological polar surface area (TPSA) is 96.2 Å². The van der Waals surface area contributed by atoms with Gasteiger partial charge in [0, 0.05) is 18.4 Å². The van der Waals surface area contributed by atoms with E-state index in [1.54, 1.807) is 31.2 Å². The van der Waals surface area contributed by atoms with Crippen molar-refractivity contribution in [1.82, 2.24) is 10.6 Å². The smallest absolute Gasteiger partial charge is 0.319 e. The highest BCUT2D eigenvalue weighted by Gasteiger charge is 2.13. The Labute approximate surface area is 99.6 Å². The maximum Gasteiger partial charge on any atom is 0.319 e. The molecule has 0 aliphatic rings. The number of rotatable bonds is 3. The van der Waals surface area contributed by atoms with Crippen molar-refractivity contribution < 1.29 is 9.59 Å². The minimum Gasteiger partial charge on any atom is -0.399 e. The van der Waals surface area contributed by atoms with Crippen LogP contribution in [-0.4, -0.2) is 25.0 Å². The monoisotopic (exact) mass is 236 g/mol. The van der Waals surface area contributed by atoms with E-state index in [9.17, 15) is 9.59 Å². The number of hydrogen-bond donors (Lipinski definition) is 4. The zero-order valence-electron chi connectivity index (χ0n) is 9.78. The van der Waals surface area contributed by atoms with Crippen LogP contribution in [-0.2, 0) is 4.79 Å². The zero-order chi connectivity index (χ0) is 12.8. The first-order valence-electron chi connectivity index (χ1n) is 5.17. The molecule has 0 heterocycles. The molecule has 5 N–H and O–H groups in total. The molecule has 0 aliphatic heterocycles. The van der Waals surface area contributed by atoms with E-state index < -0.39 is 12.1 Å². The van der Waals surface area contributed by atoms with Gasteiger partial charge in [-0.3, -0.25) is 4.79 Å². The maximum absolute atomic E-state index is 11.5.